The summed E-state index contributed by atoms with van der Waals surface area (Å²) in [5.41, 5.74) is 4.21. The van der Waals surface area contributed by atoms with Crippen LogP contribution in [-0.4, -0.2) is 40.1 Å². The van der Waals surface area contributed by atoms with Gasteiger partial charge in [-0.05, 0) is 49.1 Å². The van der Waals surface area contributed by atoms with E-state index in [1.54, 1.807) is 23.2 Å². The zero-order valence-electron chi connectivity index (χ0n) is 19.0. The molecule has 0 saturated carbocycles. The lowest BCUT2D eigenvalue weighted by atomic mass is 10.1. The van der Waals surface area contributed by atoms with E-state index in [2.05, 4.69) is 0 Å². The van der Waals surface area contributed by atoms with Gasteiger partial charge in [0.25, 0.3) is 0 Å². The number of furan rings is 1. The van der Waals surface area contributed by atoms with E-state index in [-0.39, 0.29) is 18.2 Å². The zero-order chi connectivity index (χ0) is 22.9. The fourth-order valence-corrected chi connectivity index (χ4v) is 4.97. The van der Waals surface area contributed by atoms with Crippen LogP contribution in [0.2, 0.25) is 0 Å². The monoisotopic (exact) mass is 448 g/mol. The first-order valence-corrected chi connectivity index (χ1v) is 11.3. The molecule has 172 valence electrons. The highest BCUT2D eigenvalue weighted by Gasteiger charge is 2.38. The van der Waals surface area contributed by atoms with Gasteiger partial charge in [-0.3, -0.25) is 14.3 Å². The average molecular weight is 449 g/mol. The third-order valence-electron chi connectivity index (χ3n) is 6.62. The topological polar surface area (TPSA) is 80.8 Å². The van der Waals surface area contributed by atoms with Gasteiger partial charge in [0.05, 0.1) is 38.1 Å². The highest BCUT2D eigenvalue weighted by molar-refractivity contribution is 6.00. The molecule has 2 amide bonds. The Morgan fingerprint density at radius 3 is 2.91 bits per heavy atom. The van der Waals surface area contributed by atoms with Gasteiger partial charge in [0, 0.05) is 37.5 Å². The van der Waals surface area contributed by atoms with Crippen molar-refractivity contribution in [1.82, 2.24) is 14.7 Å². The van der Waals surface area contributed by atoms with Gasteiger partial charge in [0.2, 0.25) is 11.8 Å². The second-order valence-electron chi connectivity index (χ2n) is 8.73. The van der Waals surface area contributed by atoms with Crippen molar-refractivity contribution >= 4 is 17.5 Å². The van der Waals surface area contributed by atoms with Crippen molar-refractivity contribution in [3.05, 3.63) is 65.4 Å². The summed E-state index contributed by atoms with van der Waals surface area (Å²) in [6.07, 6.45) is 4.93. The number of aromatic nitrogens is 2. The maximum Gasteiger partial charge on any atom is 0.228 e. The summed E-state index contributed by atoms with van der Waals surface area (Å²) in [5.74, 6) is 0.861. The molecule has 0 spiro atoms. The number of nitrogens with zero attached hydrogens (tertiary/aromatic N) is 4. The van der Waals surface area contributed by atoms with Crippen LogP contribution in [0.5, 0.6) is 5.75 Å². The molecule has 1 aromatic carbocycles. The molecular formula is C25H28N4O4. The van der Waals surface area contributed by atoms with Gasteiger partial charge >= 0.3 is 0 Å². The second kappa shape index (κ2) is 8.77. The van der Waals surface area contributed by atoms with Crippen LogP contribution in [0, 0.1) is 5.92 Å². The summed E-state index contributed by atoms with van der Waals surface area (Å²) < 4.78 is 12.8. The second-order valence-corrected chi connectivity index (χ2v) is 8.73. The number of benzene rings is 1. The Kier molecular flexibility index (Phi) is 5.66. The molecule has 1 atom stereocenters. The van der Waals surface area contributed by atoms with Gasteiger partial charge in [-0.15, -0.1) is 0 Å². The zero-order valence-corrected chi connectivity index (χ0v) is 19.0. The van der Waals surface area contributed by atoms with E-state index in [0.29, 0.717) is 31.1 Å². The minimum atomic E-state index is -0.421. The van der Waals surface area contributed by atoms with E-state index >= 15 is 0 Å². The van der Waals surface area contributed by atoms with E-state index < -0.39 is 5.92 Å². The van der Waals surface area contributed by atoms with Gasteiger partial charge in [-0.1, -0.05) is 6.07 Å². The van der Waals surface area contributed by atoms with Crippen LogP contribution < -0.4 is 9.64 Å². The van der Waals surface area contributed by atoms with Gasteiger partial charge in [-0.25, -0.2) is 0 Å². The number of hydrogen-bond donors (Lipinski definition) is 0. The van der Waals surface area contributed by atoms with Crippen LogP contribution in [0.15, 0.2) is 47.1 Å². The Morgan fingerprint density at radius 1 is 1.24 bits per heavy atom. The lowest BCUT2D eigenvalue weighted by Crippen LogP contribution is -2.37. The van der Waals surface area contributed by atoms with Crippen molar-refractivity contribution in [1.29, 1.82) is 0 Å². The van der Waals surface area contributed by atoms with Crippen molar-refractivity contribution in [3.63, 3.8) is 0 Å². The van der Waals surface area contributed by atoms with Crippen molar-refractivity contribution in [3.8, 4) is 5.75 Å². The standard InChI is InChI=1S/C25H28N4O4/c1-27-23-10-4-9-21(23)22(26-27)16-28(15-20-8-5-11-33-20)25(31)17-12-24(30)29(14-17)18-6-3-7-19(13-18)32-2/h3,5-8,11,13,17H,4,9-10,12,14-16H2,1-2H3/t17-/m1/s1. The van der Waals surface area contributed by atoms with E-state index in [0.717, 1.165) is 30.6 Å². The van der Waals surface area contributed by atoms with Crippen LogP contribution in [0.4, 0.5) is 5.69 Å². The molecule has 8 heteroatoms. The fraction of sp³-hybridized carbons (Fsp3) is 0.400. The van der Waals surface area contributed by atoms with Crippen LogP contribution >= 0.6 is 0 Å². The minimum Gasteiger partial charge on any atom is -0.497 e. The number of fused-ring (bicyclic) bond motifs is 1. The predicted molar refractivity (Wildman–Crippen MR) is 122 cm³/mol. The van der Waals surface area contributed by atoms with E-state index in [1.807, 2.05) is 48.1 Å². The molecule has 0 unspecified atom stereocenters. The molecule has 1 aliphatic carbocycles. The number of methoxy groups -OCH3 is 1. The molecule has 2 aliphatic rings. The largest absolute Gasteiger partial charge is 0.497 e. The first-order valence-electron chi connectivity index (χ1n) is 11.3. The summed E-state index contributed by atoms with van der Waals surface area (Å²) >= 11 is 0. The SMILES string of the molecule is COc1cccc(N2C[C@H](C(=O)N(Cc3ccco3)Cc3nn(C)c4c3CCC4)CC2=O)c1. The minimum absolute atomic E-state index is 0.0532. The molecule has 1 aliphatic heterocycles. The molecule has 3 heterocycles. The third-order valence-corrected chi connectivity index (χ3v) is 6.62. The normalized spacial score (nSPS) is 17.5. The lowest BCUT2D eigenvalue weighted by Gasteiger charge is -2.24. The summed E-state index contributed by atoms with van der Waals surface area (Å²) in [5, 5.41) is 4.71. The first kappa shape index (κ1) is 21.3. The Labute approximate surface area is 192 Å². The molecule has 1 saturated heterocycles. The van der Waals surface area contributed by atoms with Crippen LogP contribution in [-0.2, 0) is 42.6 Å². The lowest BCUT2D eigenvalue weighted by molar-refractivity contribution is -0.137. The van der Waals surface area contributed by atoms with Crippen molar-refractivity contribution in [2.75, 3.05) is 18.6 Å². The summed E-state index contributed by atoms with van der Waals surface area (Å²) in [6.45, 7) is 1.10. The number of aryl methyl sites for hydroxylation is 1. The molecule has 0 bridgehead atoms. The van der Waals surface area contributed by atoms with Crippen LogP contribution in [0.25, 0.3) is 0 Å². The number of ether oxygens (including phenoxy) is 1. The van der Waals surface area contributed by atoms with Crippen molar-refractivity contribution < 1.29 is 18.7 Å². The quantitative estimate of drug-likeness (QED) is 0.555. The third kappa shape index (κ3) is 4.13. The van der Waals surface area contributed by atoms with Crippen LogP contribution in [0.1, 0.15) is 35.6 Å². The molecular weight excluding hydrogens is 420 g/mol. The fourth-order valence-electron chi connectivity index (χ4n) is 4.97. The van der Waals surface area contributed by atoms with Crippen molar-refractivity contribution in [2.24, 2.45) is 13.0 Å². The van der Waals surface area contributed by atoms with E-state index in [9.17, 15) is 9.59 Å². The molecule has 2 aromatic heterocycles. The van der Waals surface area contributed by atoms with Crippen molar-refractivity contribution in [2.45, 2.75) is 38.8 Å². The molecule has 0 radical (unpaired) electrons. The Hall–Kier alpha value is -3.55. The molecule has 3 aromatic rings. The number of hydrogen-bond acceptors (Lipinski definition) is 5. The van der Waals surface area contributed by atoms with Gasteiger partial charge in [0.1, 0.15) is 11.5 Å². The van der Waals surface area contributed by atoms with Crippen LogP contribution in [0.3, 0.4) is 0 Å². The van der Waals surface area contributed by atoms with Gasteiger partial charge in [-0.2, -0.15) is 5.10 Å². The highest BCUT2D eigenvalue weighted by Crippen LogP contribution is 2.31. The first-order chi connectivity index (χ1) is 16.0. The Balaban J connectivity index is 1.38. The highest BCUT2D eigenvalue weighted by atomic mass is 16.5. The number of rotatable bonds is 7. The molecule has 0 N–H and O–H groups in total. The summed E-state index contributed by atoms with van der Waals surface area (Å²) in [4.78, 5) is 30.0. The molecule has 8 nitrogen and oxygen atoms in total. The van der Waals surface area contributed by atoms with Gasteiger partial charge < -0.3 is 19.0 Å². The smallest absolute Gasteiger partial charge is 0.228 e. The molecule has 5 rings (SSSR count). The Bertz CT molecular complexity index is 1170. The number of anilines is 1. The van der Waals surface area contributed by atoms with Gasteiger partial charge in [0.15, 0.2) is 0 Å². The number of carbonyl (C=O) groups is 2. The summed E-state index contributed by atoms with van der Waals surface area (Å²) in [7, 11) is 3.56. The van der Waals surface area contributed by atoms with E-state index in [4.69, 9.17) is 14.3 Å². The van der Waals surface area contributed by atoms with E-state index in [1.165, 1.54) is 11.3 Å². The predicted octanol–water partition coefficient (Wildman–Crippen LogP) is 3.09. The Morgan fingerprint density at radius 2 is 2.12 bits per heavy atom. The average Bonchev–Trinajstić information content (AvgIpc) is 3.61. The maximum atomic E-state index is 13.7. The molecule has 33 heavy (non-hydrogen) atoms. The molecule has 1 fully saturated rings. The summed E-state index contributed by atoms with van der Waals surface area (Å²) in [6, 6.07) is 11.1. The number of carbonyl (C=O) groups excluding carboxylic acids is 2. The maximum absolute atomic E-state index is 13.7. The number of amides is 2.